The maximum absolute atomic E-state index is 11.0. The number of thioether (sulfide) groups is 1. The van der Waals surface area contributed by atoms with E-state index in [1.165, 1.54) is 17.8 Å². The molecule has 0 fully saturated rings. The summed E-state index contributed by atoms with van der Waals surface area (Å²) in [5.41, 5.74) is 4.88. The molecule has 16 heavy (non-hydrogen) atoms. The fourth-order valence-electron chi connectivity index (χ4n) is 1.06. The van der Waals surface area contributed by atoms with Crippen LogP contribution in [0, 0.1) is 0 Å². The molecule has 0 saturated carbocycles. The number of hydrogen-bond acceptors (Lipinski definition) is 6. The van der Waals surface area contributed by atoms with Gasteiger partial charge in [-0.05, 0) is 0 Å². The monoisotopic (exact) mass is 240 g/mol. The number of aromatic nitrogens is 5. The van der Waals surface area contributed by atoms with E-state index < -0.39 is 11.2 Å². The van der Waals surface area contributed by atoms with Crippen molar-refractivity contribution < 1.29 is 0 Å². The molecular formula is C7H8N6O2S. The molecule has 0 aromatic carbocycles. The van der Waals surface area contributed by atoms with Gasteiger partial charge in [-0.25, -0.2) is 9.89 Å². The van der Waals surface area contributed by atoms with Gasteiger partial charge in [-0.1, -0.05) is 11.8 Å². The highest BCUT2D eigenvalue weighted by Gasteiger charge is 2.03. The Morgan fingerprint density at radius 2 is 2.19 bits per heavy atom. The second-order valence-electron chi connectivity index (χ2n) is 2.90. The number of nitrogens with one attached hydrogen (secondary N) is 3. The third kappa shape index (κ3) is 2.51. The molecule has 0 bridgehead atoms. The van der Waals surface area contributed by atoms with Crippen LogP contribution in [0.2, 0.25) is 0 Å². The lowest BCUT2D eigenvalue weighted by Gasteiger charge is -1.96. The number of nitrogen functional groups attached to an aromatic ring is 1. The van der Waals surface area contributed by atoms with Crippen molar-refractivity contribution in [2.75, 3.05) is 5.73 Å². The van der Waals surface area contributed by atoms with Gasteiger partial charge < -0.3 is 10.7 Å². The van der Waals surface area contributed by atoms with Gasteiger partial charge in [-0.2, -0.15) is 4.98 Å². The molecule has 2 heterocycles. The van der Waals surface area contributed by atoms with Crippen LogP contribution in [0.15, 0.2) is 20.8 Å². The molecule has 2 aromatic heterocycles. The van der Waals surface area contributed by atoms with Crippen LogP contribution in [0.5, 0.6) is 0 Å². The quantitative estimate of drug-likeness (QED) is 0.511. The van der Waals surface area contributed by atoms with Gasteiger partial charge in [-0.3, -0.25) is 9.78 Å². The van der Waals surface area contributed by atoms with Gasteiger partial charge in [0.1, 0.15) is 0 Å². The van der Waals surface area contributed by atoms with Gasteiger partial charge in [0.25, 0.3) is 5.56 Å². The van der Waals surface area contributed by atoms with E-state index in [2.05, 4.69) is 25.1 Å². The highest BCUT2D eigenvalue weighted by atomic mass is 32.2. The van der Waals surface area contributed by atoms with Gasteiger partial charge in [-0.15, -0.1) is 5.10 Å². The van der Waals surface area contributed by atoms with Crippen molar-refractivity contribution in [2.45, 2.75) is 10.9 Å². The van der Waals surface area contributed by atoms with Gasteiger partial charge in [0.05, 0.1) is 0 Å². The Morgan fingerprint density at radius 3 is 2.81 bits per heavy atom. The Labute approximate surface area is 92.7 Å². The average Bonchev–Trinajstić information content (AvgIpc) is 2.60. The average molecular weight is 240 g/mol. The Morgan fingerprint density at radius 1 is 1.38 bits per heavy atom. The van der Waals surface area contributed by atoms with Crippen LogP contribution in [-0.2, 0) is 5.75 Å². The standard InChI is InChI=1S/C7H8N6O2S/c8-5-11-7(13-12-5)16-2-3-1-4(14)10-6(15)9-3/h1H,2H2,(H3,8,11,12,13)(H2,9,10,14,15). The molecule has 2 aromatic rings. The third-order valence-corrected chi connectivity index (χ3v) is 2.55. The van der Waals surface area contributed by atoms with Crippen LogP contribution in [0.25, 0.3) is 0 Å². The van der Waals surface area contributed by atoms with E-state index in [9.17, 15) is 9.59 Å². The minimum atomic E-state index is -0.530. The zero-order valence-electron chi connectivity index (χ0n) is 7.98. The molecule has 0 aliphatic carbocycles. The Balaban J connectivity index is 2.10. The zero-order chi connectivity index (χ0) is 11.5. The molecule has 8 nitrogen and oxygen atoms in total. The molecule has 84 valence electrons. The minimum absolute atomic E-state index is 0.224. The highest BCUT2D eigenvalue weighted by Crippen LogP contribution is 2.16. The number of hydrogen-bond donors (Lipinski definition) is 4. The molecule has 0 aliphatic rings. The SMILES string of the molecule is Nc1nc(SCc2cc(=O)[nH]c(=O)[nH]2)n[nH]1. The molecule has 0 atom stereocenters. The van der Waals surface area contributed by atoms with Crippen LogP contribution in [-0.4, -0.2) is 25.1 Å². The first-order valence-corrected chi connectivity index (χ1v) is 5.25. The summed E-state index contributed by atoms with van der Waals surface area (Å²) in [6.45, 7) is 0. The first-order chi connectivity index (χ1) is 7.63. The molecule has 2 rings (SSSR count). The molecule has 0 unspecified atom stereocenters. The lowest BCUT2D eigenvalue weighted by Crippen LogP contribution is -2.22. The number of nitrogens with two attached hydrogens (primary N) is 1. The molecule has 9 heteroatoms. The van der Waals surface area contributed by atoms with E-state index in [0.29, 0.717) is 16.6 Å². The van der Waals surface area contributed by atoms with E-state index in [0.717, 1.165) is 0 Å². The van der Waals surface area contributed by atoms with Crippen LogP contribution in [0.1, 0.15) is 5.69 Å². The van der Waals surface area contributed by atoms with Crippen molar-refractivity contribution in [3.05, 3.63) is 32.6 Å². The molecule has 5 N–H and O–H groups in total. The minimum Gasteiger partial charge on any atom is -0.368 e. The molecule has 0 saturated heterocycles. The Hall–Kier alpha value is -2.03. The maximum atomic E-state index is 11.0. The third-order valence-electron chi connectivity index (χ3n) is 1.66. The first-order valence-electron chi connectivity index (χ1n) is 4.27. The van der Waals surface area contributed by atoms with Crippen LogP contribution in [0.3, 0.4) is 0 Å². The second-order valence-corrected chi connectivity index (χ2v) is 3.85. The maximum Gasteiger partial charge on any atom is 0.325 e. The lowest BCUT2D eigenvalue weighted by atomic mass is 10.5. The van der Waals surface area contributed by atoms with Gasteiger partial charge in [0.15, 0.2) is 0 Å². The van der Waals surface area contributed by atoms with Crippen LogP contribution in [0.4, 0.5) is 5.95 Å². The number of H-pyrrole nitrogens is 3. The van der Waals surface area contributed by atoms with Crippen molar-refractivity contribution in [2.24, 2.45) is 0 Å². The predicted molar refractivity (Wildman–Crippen MR) is 58.0 cm³/mol. The number of aromatic amines is 3. The number of anilines is 1. The van der Waals surface area contributed by atoms with E-state index >= 15 is 0 Å². The van der Waals surface area contributed by atoms with Crippen molar-refractivity contribution in [3.8, 4) is 0 Å². The highest BCUT2D eigenvalue weighted by molar-refractivity contribution is 7.98. The van der Waals surface area contributed by atoms with Gasteiger partial charge in [0.2, 0.25) is 11.1 Å². The first kappa shape index (κ1) is 10.5. The number of rotatable bonds is 3. The largest absolute Gasteiger partial charge is 0.368 e. The van der Waals surface area contributed by atoms with E-state index in [1.54, 1.807) is 0 Å². The Kier molecular flexibility index (Phi) is 2.77. The van der Waals surface area contributed by atoms with Crippen molar-refractivity contribution in [3.63, 3.8) is 0 Å². The smallest absolute Gasteiger partial charge is 0.325 e. The second kappa shape index (κ2) is 4.23. The summed E-state index contributed by atoms with van der Waals surface area (Å²) >= 11 is 1.26. The summed E-state index contributed by atoms with van der Waals surface area (Å²) in [5, 5.41) is 6.74. The van der Waals surface area contributed by atoms with Gasteiger partial charge in [0, 0.05) is 17.5 Å². The summed E-state index contributed by atoms with van der Waals surface area (Å²) in [6, 6.07) is 1.31. The summed E-state index contributed by atoms with van der Waals surface area (Å²) in [4.78, 5) is 30.4. The van der Waals surface area contributed by atoms with Crippen molar-refractivity contribution in [1.82, 2.24) is 25.1 Å². The molecule has 0 amide bonds. The van der Waals surface area contributed by atoms with Crippen LogP contribution >= 0.6 is 11.8 Å². The summed E-state index contributed by atoms with van der Waals surface area (Å²) in [5.74, 6) is 0.609. The van der Waals surface area contributed by atoms with E-state index in [4.69, 9.17) is 5.73 Å². The van der Waals surface area contributed by atoms with E-state index in [-0.39, 0.29) is 5.95 Å². The normalized spacial score (nSPS) is 10.5. The molecule has 0 spiro atoms. The molecule has 0 aliphatic heterocycles. The summed E-state index contributed by atoms with van der Waals surface area (Å²) in [6.07, 6.45) is 0. The predicted octanol–water partition coefficient (Wildman–Crippen LogP) is -0.944. The Bertz CT molecular complexity index is 571. The summed E-state index contributed by atoms with van der Waals surface area (Å²) < 4.78 is 0. The fourth-order valence-corrected chi connectivity index (χ4v) is 1.78. The fraction of sp³-hybridized carbons (Fsp3) is 0.143. The van der Waals surface area contributed by atoms with Gasteiger partial charge >= 0.3 is 5.69 Å². The zero-order valence-corrected chi connectivity index (χ0v) is 8.80. The lowest BCUT2D eigenvalue weighted by molar-refractivity contribution is 0.961. The topological polar surface area (TPSA) is 133 Å². The van der Waals surface area contributed by atoms with Crippen molar-refractivity contribution in [1.29, 1.82) is 0 Å². The van der Waals surface area contributed by atoms with E-state index in [1.807, 2.05) is 0 Å². The molecule has 0 radical (unpaired) electrons. The molecular weight excluding hydrogens is 232 g/mol. The van der Waals surface area contributed by atoms with Crippen LogP contribution < -0.4 is 17.0 Å². The summed E-state index contributed by atoms with van der Waals surface area (Å²) in [7, 11) is 0. The number of nitrogens with zero attached hydrogens (tertiary/aromatic N) is 2. The van der Waals surface area contributed by atoms with Crippen molar-refractivity contribution >= 4 is 17.7 Å².